The first-order chi connectivity index (χ1) is 16.5. The minimum absolute atomic E-state index is 0.0578. The number of rotatable bonds is 9. The molecule has 2 unspecified atom stereocenters. The fourth-order valence-corrected chi connectivity index (χ4v) is 6.40. The molecule has 1 saturated carbocycles. The van der Waals surface area contributed by atoms with Gasteiger partial charge in [-0.25, -0.2) is 4.79 Å². The summed E-state index contributed by atoms with van der Waals surface area (Å²) in [5.74, 6) is 0.415. The van der Waals surface area contributed by atoms with E-state index in [0.29, 0.717) is 13.1 Å². The molecule has 1 aromatic rings. The van der Waals surface area contributed by atoms with E-state index in [-0.39, 0.29) is 41.0 Å². The van der Waals surface area contributed by atoms with E-state index >= 15 is 0 Å². The number of nitrogens with zero attached hydrogens (tertiary/aromatic N) is 2. The zero-order valence-electron chi connectivity index (χ0n) is 20.4. The molecule has 6 nitrogen and oxygen atoms in total. The van der Waals surface area contributed by atoms with Crippen molar-refractivity contribution in [3.63, 3.8) is 0 Å². The van der Waals surface area contributed by atoms with Crippen molar-refractivity contribution in [2.75, 3.05) is 13.1 Å². The topological polar surface area (TPSA) is 69.7 Å². The molecule has 2 aliphatic heterocycles. The molecule has 2 fully saturated rings. The first-order valence-corrected chi connectivity index (χ1v) is 13.7. The molecule has 0 bridgehead atoms. The lowest BCUT2D eigenvalue weighted by Crippen LogP contribution is -2.62. The minimum atomic E-state index is -0.257. The van der Waals surface area contributed by atoms with Crippen molar-refractivity contribution in [1.29, 1.82) is 0 Å². The van der Waals surface area contributed by atoms with Crippen molar-refractivity contribution < 1.29 is 14.4 Å². The molecule has 1 aromatic carbocycles. The summed E-state index contributed by atoms with van der Waals surface area (Å²) < 4.78 is 0. The van der Waals surface area contributed by atoms with Crippen molar-refractivity contribution in [2.45, 2.75) is 76.6 Å². The molecular weight excluding hydrogens is 446 g/mol. The number of thioether (sulfide) groups is 1. The van der Waals surface area contributed by atoms with Crippen LogP contribution in [0.4, 0.5) is 4.79 Å². The van der Waals surface area contributed by atoms with Crippen molar-refractivity contribution in [2.24, 2.45) is 11.8 Å². The fraction of sp³-hybridized carbons (Fsp3) is 0.593. The molecular formula is C27H37N3O3S. The van der Waals surface area contributed by atoms with E-state index in [1.165, 1.54) is 16.7 Å². The third-order valence-corrected chi connectivity index (χ3v) is 8.42. The normalized spacial score (nSPS) is 26.6. The largest absolute Gasteiger partial charge is 0.356 e. The van der Waals surface area contributed by atoms with Gasteiger partial charge in [0.25, 0.3) is 0 Å². The molecule has 0 radical (unpaired) electrons. The zero-order chi connectivity index (χ0) is 24.1. The van der Waals surface area contributed by atoms with Gasteiger partial charge >= 0.3 is 6.03 Å². The summed E-state index contributed by atoms with van der Waals surface area (Å²) in [5, 5.41) is 4.78. The highest BCUT2D eigenvalue weighted by atomic mass is 32.2. The lowest BCUT2D eigenvalue weighted by molar-refractivity contribution is -0.132. The average molecular weight is 484 g/mol. The van der Waals surface area contributed by atoms with E-state index in [4.69, 9.17) is 0 Å². The van der Waals surface area contributed by atoms with Gasteiger partial charge in [-0.1, -0.05) is 55.7 Å². The number of unbranched alkanes of at least 4 members (excludes halogenated alkanes) is 2. The second-order valence-corrected chi connectivity index (χ2v) is 11.0. The number of nitrogens with one attached hydrogen (secondary N) is 1. The van der Waals surface area contributed by atoms with Crippen LogP contribution in [-0.2, 0) is 16.1 Å². The highest BCUT2D eigenvalue weighted by molar-refractivity contribution is 8.03. The Labute approximate surface area is 207 Å². The Bertz CT molecular complexity index is 925. The molecule has 7 heteroatoms. The van der Waals surface area contributed by atoms with Gasteiger partial charge in [-0.05, 0) is 55.9 Å². The van der Waals surface area contributed by atoms with E-state index in [1.807, 2.05) is 41.5 Å². The van der Waals surface area contributed by atoms with Gasteiger partial charge in [-0.2, -0.15) is 0 Å². The average Bonchev–Trinajstić information content (AvgIpc) is 3.33. The highest BCUT2D eigenvalue weighted by Crippen LogP contribution is 2.37. The maximum Gasteiger partial charge on any atom is 0.327 e. The van der Waals surface area contributed by atoms with Crippen LogP contribution in [0.5, 0.6) is 0 Å². The molecule has 1 aliphatic carbocycles. The van der Waals surface area contributed by atoms with Crippen LogP contribution in [0.15, 0.2) is 35.7 Å². The first kappa shape index (κ1) is 24.8. The van der Waals surface area contributed by atoms with Gasteiger partial charge < -0.3 is 10.2 Å². The summed E-state index contributed by atoms with van der Waals surface area (Å²) in [5.41, 5.74) is 2.24. The summed E-state index contributed by atoms with van der Waals surface area (Å²) in [7, 11) is 0. The van der Waals surface area contributed by atoms with Crippen LogP contribution in [-0.4, -0.2) is 52.0 Å². The molecule has 0 spiro atoms. The number of imide groups is 1. The number of hydrogen-bond donors (Lipinski definition) is 1. The molecule has 4 amide bonds. The predicted molar refractivity (Wildman–Crippen MR) is 136 cm³/mol. The van der Waals surface area contributed by atoms with Crippen molar-refractivity contribution in [3.05, 3.63) is 46.9 Å². The van der Waals surface area contributed by atoms with E-state index in [2.05, 4.69) is 18.3 Å². The number of carbonyl (C=O) groups is 3. The summed E-state index contributed by atoms with van der Waals surface area (Å²) >= 11 is 1.52. The first-order valence-electron chi connectivity index (χ1n) is 12.7. The second-order valence-electron chi connectivity index (χ2n) is 9.94. The summed E-state index contributed by atoms with van der Waals surface area (Å²) in [6.45, 7) is 5.92. The van der Waals surface area contributed by atoms with Gasteiger partial charge in [-0.3, -0.25) is 14.5 Å². The van der Waals surface area contributed by atoms with Gasteiger partial charge in [-0.15, -0.1) is 11.8 Å². The standard InChI is InChI=1S/C27H37N3O3S/c1-3-4-5-14-28-25(31)22-11-9-20(10-12-22)17-30-26(32)24-23(13-15-34-24)29(27(30)33)18-21-8-6-7-19(2)16-21/h6-8,13,15-16,20,22-24H,3-5,9-12,14,17-18H2,1-2H3,(H,28,31). The number of carbonyl (C=O) groups excluding carboxylic acids is 3. The van der Waals surface area contributed by atoms with Crippen LogP contribution < -0.4 is 5.32 Å². The van der Waals surface area contributed by atoms with Crippen LogP contribution in [0.25, 0.3) is 0 Å². The van der Waals surface area contributed by atoms with Gasteiger partial charge in [0.15, 0.2) is 0 Å². The fourth-order valence-electron chi connectivity index (χ4n) is 5.34. The number of aryl methyl sites for hydroxylation is 1. The zero-order valence-corrected chi connectivity index (χ0v) is 21.2. The van der Waals surface area contributed by atoms with E-state index in [9.17, 15) is 14.4 Å². The van der Waals surface area contributed by atoms with Gasteiger partial charge in [0.05, 0.1) is 6.04 Å². The number of urea groups is 1. The quantitative estimate of drug-likeness (QED) is 0.509. The molecule has 184 valence electrons. The molecule has 4 rings (SSSR count). The van der Waals surface area contributed by atoms with Crippen LogP contribution in [0.1, 0.15) is 63.0 Å². The summed E-state index contributed by atoms with van der Waals surface area (Å²) in [4.78, 5) is 42.6. The Hall–Kier alpha value is -2.28. The van der Waals surface area contributed by atoms with Crippen molar-refractivity contribution in [3.8, 4) is 0 Å². The molecule has 34 heavy (non-hydrogen) atoms. The Morgan fingerprint density at radius 1 is 1.15 bits per heavy atom. The molecule has 1 N–H and O–H groups in total. The summed E-state index contributed by atoms with van der Waals surface area (Å²) in [6.07, 6.45) is 8.72. The van der Waals surface area contributed by atoms with Gasteiger partial charge in [0.2, 0.25) is 11.8 Å². The molecule has 0 aromatic heterocycles. The van der Waals surface area contributed by atoms with E-state index < -0.39 is 0 Å². The maximum absolute atomic E-state index is 13.5. The van der Waals surface area contributed by atoms with Crippen molar-refractivity contribution in [1.82, 2.24) is 15.1 Å². The number of fused-ring (bicyclic) bond motifs is 1. The predicted octanol–water partition coefficient (Wildman–Crippen LogP) is 4.87. The van der Waals surface area contributed by atoms with Crippen LogP contribution in [0, 0.1) is 18.8 Å². The Kier molecular flexibility index (Phi) is 8.35. The molecule has 1 saturated heterocycles. The lowest BCUT2D eigenvalue weighted by Gasteiger charge is -2.43. The third-order valence-electron chi connectivity index (χ3n) is 7.33. The monoisotopic (exact) mass is 483 g/mol. The number of hydrogen-bond acceptors (Lipinski definition) is 4. The van der Waals surface area contributed by atoms with E-state index in [0.717, 1.165) is 62.6 Å². The number of amides is 4. The van der Waals surface area contributed by atoms with Gasteiger partial charge in [0, 0.05) is 25.6 Å². The third kappa shape index (κ3) is 5.68. The second kappa shape index (κ2) is 11.4. The van der Waals surface area contributed by atoms with Gasteiger partial charge in [0.1, 0.15) is 5.25 Å². The SMILES string of the molecule is CCCCCNC(=O)C1CCC(CN2C(=O)C3SC=CC3N(Cc3cccc(C)c3)C2=O)CC1. The van der Waals surface area contributed by atoms with Crippen LogP contribution in [0.3, 0.4) is 0 Å². The van der Waals surface area contributed by atoms with Crippen molar-refractivity contribution >= 4 is 29.6 Å². The molecule has 2 heterocycles. The van der Waals surface area contributed by atoms with Crippen LogP contribution >= 0.6 is 11.8 Å². The van der Waals surface area contributed by atoms with E-state index in [1.54, 1.807) is 0 Å². The Balaban J connectivity index is 1.36. The van der Waals surface area contributed by atoms with Crippen LogP contribution in [0.2, 0.25) is 0 Å². The smallest absolute Gasteiger partial charge is 0.327 e. The Morgan fingerprint density at radius 3 is 2.68 bits per heavy atom. The maximum atomic E-state index is 13.5. The minimum Gasteiger partial charge on any atom is -0.356 e. The Morgan fingerprint density at radius 2 is 1.94 bits per heavy atom. The molecule has 3 aliphatic rings. The molecule has 2 atom stereocenters. The number of benzene rings is 1. The lowest BCUT2D eigenvalue weighted by atomic mass is 9.81. The summed E-state index contributed by atoms with van der Waals surface area (Å²) in [6, 6.07) is 7.83. The highest BCUT2D eigenvalue weighted by Gasteiger charge is 2.47.